The molecule has 0 aliphatic rings. The third-order valence-electron chi connectivity index (χ3n) is 2.50. The van der Waals surface area contributed by atoms with Crippen molar-refractivity contribution in [1.82, 2.24) is 4.72 Å². The molecule has 1 aromatic rings. The van der Waals surface area contributed by atoms with E-state index in [1.165, 1.54) is 0 Å². The molecule has 0 spiro atoms. The van der Waals surface area contributed by atoms with E-state index in [0.29, 0.717) is 17.9 Å². The van der Waals surface area contributed by atoms with Crippen molar-refractivity contribution in [2.45, 2.75) is 11.8 Å². The molecule has 0 aliphatic heterocycles. The van der Waals surface area contributed by atoms with Crippen molar-refractivity contribution in [3.05, 3.63) is 29.3 Å². The van der Waals surface area contributed by atoms with E-state index in [2.05, 4.69) is 0 Å². The minimum Gasteiger partial charge on any atom is -0.477 e. The Labute approximate surface area is 122 Å². The Hall–Kier alpha value is -1.39. The first-order valence-electron chi connectivity index (χ1n) is 5.76. The molecule has 10 heteroatoms. The molecule has 6 nitrogen and oxygen atoms in total. The summed E-state index contributed by atoms with van der Waals surface area (Å²) >= 11 is 0. The summed E-state index contributed by atoms with van der Waals surface area (Å²) in [5.74, 6) is -4.58. The van der Waals surface area contributed by atoms with Gasteiger partial charge < -0.3 is 5.11 Å². The van der Waals surface area contributed by atoms with Gasteiger partial charge in [0.05, 0.1) is 0 Å². The summed E-state index contributed by atoms with van der Waals surface area (Å²) < 4.78 is 63.9. The van der Waals surface area contributed by atoms with Gasteiger partial charge in [-0.3, -0.25) is 4.21 Å². The van der Waals surface area contributed by atoms with E-state index < -0.39 is 48.9 Å². The fourth-order valence-electron chi connectivity index (χ4n) is 1.45. The lowest BCUT2D eigenvalue weighted by molar-refractivity contribution is 0.0685. The number of hydrogen-bond acceptors (Lipinski definition) is 4. The van der Waals surface area contributed by atoms with E-state index in [9.17, 15) is 26.2 Å². The van der Waals surface area contributed by atoms with Crippen molar-refractivity contribution >= 4 is 26.8 Å². The first-order chi connectivity index (χ1) is 9.70. The first-order valence-corrected chi connectivity index (χ1v) is 8.73. The highest BCUT2D eigenvalue weighted by Gasteiger charge is 2.26. The third-order valence-corrected chi connectivity index (χ3v) is 5.28. The number of sulfonamides is 1. The molecule has 0 saturated carbocycles. The molecule has 0 fully saturated rings. The molecule has 1 aromatic carbocycles. The second-order valence-corrected chi connectivity index (χ2v) is 7.47. The molecule has 1 rings (SSSR count). The molecular formula is C11H13F2NO5S2. The number of hydrogen-bond donors (Lipinski definition) is 2. The summed E-state index contributed by atoms with van der Waals surface area (Å²) in [5, 5.41) is 8.68. The molecule has 0 heterocycles. The zero-order valence-corrected chi connectivity index (χ0v) is 12.6. The molecule has 0 amide bonds. The fraction of sp³-hybridized carbons (Fsp3) is 0.364. The predicted octanol–water partition coefficient (Wildman–Crippen LogP) is 0.710. The van der Waals surface area contributed by atoms with E-state index in [4.69, 9.17) is 5.11 Å². The number of carbonyl (C=O) groups is 1. The second kappa shape index (κ2) is 7.05. The van der Waals surface area contributed by atoms with Gasteiger partial charge in [0.25, 0.3) is 0 Å². The standard InChI is InChI=1S/C11H13F2NO5S2/c1-2-20(17)6-5-14-21(18,19)8-4-3-7(12)9(10(8)13)11(15)16/h3-4,14H,2,5-6H2,1H3,(H,15,16). The lowest BCUT2D eigenvalue weighted by atomic mass is 10.2. The number of rotatable bonds is 7. The average Bonchev–Trinajstić information content (AvgIpc) is 2.37. The zero-order valence-electron chi connectivity index (χ0n) is 10.9. The average molecular weight is 341 g/mol. The minimum absolute atomic E-state index is 0.0321. The van der Waals surface area contributed by atoms with Gasteiger partial charge in [0.1, 0.15) is 16.3 Å². The van der Waals surface area contributed by atoms with Gasteiger partial charge in [-0.1, -0.05) is 6.92 Å². The number of aromatic carboxylic acids is 1. The predicted molar refractivity (Wildman–Crippen MR) is 72.1 cm³/mol. The Kier molecular flexibility index (Phi) is 5.93. The van der Waals surface area contributed by atoms with Crippen LogP contribution in [0.2, 0.25) is 0 Å². The normalized spacial score (nSPS) is 13.1. The van der Waals surface area contributed by atoms with Gasteiger partial charge in [-0.15, -0.1) is 0 Å². The van der Waals surface area contributed by atoms with Crippen molar-refractivity contribution in [2.24, 2.45) is 0 Å². The molecule has 0 saturated heterocycles. The summed E-state index contributed by atoms with van der Waals surface area (Å²) in [6.45, 7) is 1.45. The van der Waals surface area contributed by atoms with E-state index >= 15 is 0 Å². The smallest absolute Gasteiger partial charge is 0.341 e. The first kappa shape index (κ1) is 17.7. The molecule has 2 N–H and O–H groups in total. The van der Waals surface area contributed by atoms with Crippen LogP contribution >= 0.6 is 0 Å². The van der Waals surface area contributed by atoms with Crippen LogP contribution in [0.25, 0.3) is 0 Å². The highest BCUT2D eigenvalue weighted by atomic mass is 32.2. The molecule has 0 aliphatic carbocycles. The zero-order chi connectivity index (χ0) is 16.2. The van der Waals surface area contributed by atoms with Crippen molar-refractivity contribution in [3.8, 4) is 0 Å². The van der Waals surface area contributed by atoms with Gasteiger partial charge in [0, 0.05) is 28.9 Å². The van der Waals surface area contributed by atoms with E-state index in [1.54, 1.807) is 6.92 Å². The van der Waals surface area contributed by atoms with Gasteiger partial charge in [-0.05, 0) is 12.1 Å². The van der Waals surface area contributed by atoms with Crippen molar-refractivity contribution in [2.75, 3.05) is 18.1 Å². The van der Waals surface area contributed by atoms with Crippen molar-refractivity contribution < 1.29 is 31.3 Å². The second-order valence-electron chi connectivity index (χ2n) is 3.87. The Bertz CT molecular complexity index is 675. The summed E-state index contributed by atoms with van der Waals surface area (Å²) in [5.41, 5.74) is -1.34. The van der Waals surface area contributed by atoms with Crippen LogP contribution in [0.4, 0.5) is 8.78 Å². The SMILES string of the molecule is CCS(=O)CCNS(=O)(=O)c1ccc(F)c(C(=O)O)c1F. The summed E-state index contributed by atoms with van der Waals surface area (Å²) in [6, 6.07) is 1.20. The topological polar surface area (TPSA) is 101 Å². The monoisotopic (exact) mass is 341 g/mol. The maximum absolute atomic E-state index is 13.8. The molecular weight excluding hydrogens is 328 g/mol. The lowest BCUT2D eigenvalue weighted by Crippen LogP contribution is -2.29. The Morgan fingerprint density at radius 3 is 2.52 bits per heavy atom. The Balaban J connectivity index is 3.07. The number of halogens is 2. The van der Waals surface area contributed by atoms with Gasteiger partial charge in [-0.2, -0.15) is 0 Å². The van der Waals surface area contributed by atoms with Crippen LogP contribution in [-0.4, -0.2) is 41.8 Å². The van der Waals surface area contributed by atoms with E-state index in [0.717, 1.165) is 0 Å². The molecule has 0 radical (unpaired) electrons. The summed E-state index contributed by atoms with van der Waals surface area (Å²) in [4.78, 5) is 9.76. The highest BCUT2D eigenvalue weighted by molar-refractivity contribution is 7.89. The number of benzene rings is 1. The number of carboxylic acid groups (broad SMARTS) is 1. The number of carboxylic acids is 1. The summed E-state index contributed by atoms with van der Waals surface area (Å²) in [7, 11) is -5.57. The molecule has 21 heavy (non-hydrogen) atoms. The molecule has 118 valence electrons. The molecule has 1 atom stereocenters. The van der Waals surface area contributed by atoms with Gasteiger partial charge in [0.2, 0.25) is 10.0 Å². The van der Waals surface area contributed by atoms with Gasteiger partial charge in [-0.25, -0.2) is 26.7 Å². The van der Waals surface area contributed by atoms with E-state index in [1.807, 2.05) is 4.72 Å². The van der Waals surface area contributed by atoms with E-state index in [-0.39, 0.29) is 12.3 Å². The van der Waals surface area contributed by atoms with Crippen LogP contribution in [0.15, 0.2) is 17.0 Å². The lowest BCUT2D eigenvalue weighted by Gasteiger charge is -2.09. The minimum atomic E-state index is -4.36. The molecule has 0 aromatic heterocycles. The molecule has 0 bridgehead atoms. The number of nitrogens with one attached hydrogen (secondary N) is 1. The third kappa shape index (κ3) is 4.29. The van der Waals surface area contributed by atoms with Gasteiger partial charge in [0.15, 0.2) is 5.82 Å². The van der Waals surface area contributed by atoms with Gasteiger partial charge >= 0.3 is 5.97 Å². The van der Waals surface area contributed by atoms with Crippen LogP contribution in [0, 0.1) is 11.6 Å². The Morgan fingerprint density at radius 1 is 1.38 bits per heavy atom. The van der Waals surface area contributed by atoms with Crippen molar-refractivity contribution in [3.63, 3.8) is 0 Å². The summed E-state index contributed by atoms with van der Waals surface area (Å²) in [6.07, 6.45) is 0. The van der Waals surface area contributed by atoms with Crippen LogP contribution < -0.4 is 4.72 Å². The fourth-order valence-corrected chi connectivity index (χ4v) is 3.31. The van der Waals surface area contributed by atoms with Crippen LogP contribution in [0.1, 0.15) is 17.3 Å². The van der Waals surface area contributed by atoms with Crippen molar-refractivity contribution in [1.29, 1.82) is 0 Å². The Morgan fingerprint density at radius 2 is 2.00 bits per heavy atom. The maximum Gasteiger partial charge on any atom is 0.341 e. The quantitative estimate of drug-likeness (QED) is 0.761. The van der Waals surface area contributed by atoms with Crippen LogP contribution in [-0.2, 0) is 20.8 Å². The van der Waals surface area contributed by atoms with Crippen LogP contribution in [0.3, 0.4) is 0 Å². The van der Waals surface area contributed by atoms with Crippen LogP contribution in [0.5, 0.6) is 0 Å². The molecule has 1 unspecified atom stereocenters. The largest absolute Gasteiger partial charge is 0.477 e. The maximum atomic E-state index is 13.8. The highest BCUT2D eigenvalue weighted by Crippen LogP contribution is 2.20.